The van der Waals surface area contributed by atoms with Crippen LogP contribution in [0.4, 0.5) is 4.39 Å². The Morgan fingerprint density at radius 3 is 3.17 bits per heavy atom. The molecule has 62 valence electrons. The predicted octanol–water partition coefficient (Wildman–Crippen LogP) is -0.407. The summed E-state index contributed by atoms with van der Waals surface area (Å²) >= 11 is 0. The van der Waals surface area contributed by atoms with Gasteiger partial charge in [0.15, 0.2) is 0 Å². The number of halogens is 1. The first-order chi connectivity index (χ1) is 5.70. The molecule has 3 N–H and O–H groups in total. The van der Waals surface area contributed by atoms with Crippen molar-refractivity contribution < 1.29 is 9.18 Å². The second-order valence-electron chi connectivity index (χ2n) is 2.55. The maximum atomic E-state index is 13.1. The summed E-state index contributed by atoms with van der Waals surface area (Å²) in [5.41, 5.74) is 7.78. The summed E-state index contributed by atoms with van der Waals surface area (Å²) in [4.78, 5) is 11.0. The summed E-state index contributed by atoms with van der Waals surface area (Å²) in [5, 5.41) is 3.60. The second kappa shape index (κ2) is 2.25. The average molecular weight is 167 g/mol. The van der Waals surface area contributed by atoms with Crippen LogP contribution < -0.4 is 11.2 Å². The zero-order chi connectivity index (χ0) is 8.72. The van der Waals surface area contributed by atoms with E-state index in [-0.39, 0.29) is 5.57 Å². The Kier molecular flexibility index (Phi) is 1.34. The Morgan fingerprint density at radius 2 is 2.42 bits per heavy atom. The number of hydrazone groups is 1. The SMILES string of the molecule is NC1C=CC2=NNC(=O)C2=C1F. The lowest BCUT2D eigenvalue weighted by atomic mass is 10.0. The number of amides is 1. The van der Waals surface area contributed by atoms with Gasteiger partial charge in [-0.3, -0.25) is 4.79 Å². The van der Waals surface area contributed by atoms with Gasteiger partial charge < -0.3 is 5.73 Å². The van der Waals surface area contributed by atoms with E-state index < -0.39 is 17.8 Å². The van der Waals surface area contributed by atoms with E-state index in [4.69, 9.17) is 5.73 Å². The quantitative estimate of drug-likeness (QED) is 0.515. The van der Waals surface area contributed by atoms with Crippen molar-refractivity contribution >= 4 is 11.6 Å². The summed E-state index contributed by atoms with van der Waals surface area (Å²) in [6.07, 6.45) is 2.99. The third kappa shape index (κ3) is 0.799. The van der Waals surface area contributed by atoms with Crippen LogP contribution in [0.2, 0.25) is 0 Å². The fraction of sp³-hybridized carbons (Fsp3) is 0.143. The monoisotopic (exact) mass is 167 g/mol. The van der Waals surface area contributed by atoms with E-state index in [9.17, 15) is 9.18 Å². The number of carbonyl (C=O) groups is 1. The molecular weight excluding hydrogens is 161 g/mol. The van der Waals surface area contributed by atoms with Crippen LogP contribution in [0.1, 0.15) is 0 Å². The lowest BCUT2D eigenvalue weighted by molar-refractivity contribution is -0.116. The Bertz CT molecular complexity index is 343. The Hall–Kier alpha value is -1.49. The zero-order valence-corrected chi connectivity index (χ0v) is 6.04. The van der Waals surface area contributed by atoms with Gasteiger partial charge in [0.05, 0.1) is 11.8 Å². The Balaban J connectivity index is 2.53. The molecule has 0 saturated carbocycles. The maximum absolute atomic E-state index is 13.1. The van der Waals surface area contributed by atoms with Gasteiger partial charge in [0.25, 0.3) is 5.91 Å². The minimum atomic E-state index is -0.817. The normalized spacial score (nSPS) is 27.0. The van der Waals surface area contributed by atoms with Crippen molar-refractivity contribution in [1.82, 2.24) is 5.43 Å². The van der Waals surface area contributed by atoms with Gasteiger partial charge in [-0.15, -0.1) is 0 Å². The second-order valence-corrected chi connectivity index (χ2v) is 2.55. The minimum Gasteiger partial charge on any atom is -0.319 e. The van der Waals surface area contributed by atoms with Crippen LogP contribution in [-0.4, -0.2) is 17.7 Å². The van der Waals surface area contributed by atoms with E-state index in [0.717, 1.165) is 0 Å². The van der Waals surface area contributed by atoms with Crippen molar-refractivity contribution in [1.29, 1.82) is 0 Å². The molecule has 1 aliphatic carbocycles. The van der Waals surface area contributed by atoms with Crippen molar-refractivity contribution in [2.45, 2.75) is 6.04 Å². The van der Waals surface area contributed by atoms with Gasteiger partial charge in [-0.2, -0.15) is 5.10 Å². The predicted molar refractivity (Wildman–Crippen MR) is 40.8 cm³/mol. The van der Waals surface area contributed by atoms with E-state index in [2.05, 4.69) is 10.5 Å². The molecule has 0 aromatic heterocycles. The van der Waals surface area contributed by atoms with Gasteiger partial charge in [0.2, 0.25) is 0 Å². The number of fused-ring (bicyclic) bond motifs is 1. The van der Waals surface area contributed by atoms with Crippen molar-refractivity contribution in [3.8, 4) is 0 Å². The Morgan fingerprint density at radius 1 is 1.67 bits per heavy atom. The smallest absolute Gasteiger partial charge is 0.276 e. The third-order valence-corrected chi connectivity index (χ3v) is 1.75. The van der Waals surface area contributed by atoms with Gasteiger partial charge >= 0.3 is 0 Å². The molecule has 0 aromatic carbocycles. The van der Waals surface area contributed by atoms with E-state index in [0.29, 0.717) is 5.71 Å². The molecule has 2 rings (SSSR count). The van der Waals surface area contributed by atoms with E-state index in [1.807, 2.05) is 0 Å². The van der Waals surface area contributed by atoms with Crippen LogP contribution in [0.15, 0.2) is 28.7 Å². The maximum Gasteiger partial charge on any atom is 0.276 e. The highest BCUT2D eigenvalue weighted by atomic mass is 19.1. The molecule has 1 aliphatic heterocycles. The van der Waals surface area contributed by atoms with Crippen molar-refractivity contribution in [2.24, 2.45) is 10.8 Å². The van der Waals surface area contributed by atoms with Crippen LogP contribution in [0, 0.1) is 0 Å². The fourth-order valence-electron chi connectivity index (χ4n) is 1.14. The topological polar surface area (TPSA) is 67.5 Å². The van der Waals surface area contributed by atoms with Crippen molar-refractivity contribution in [2.75, 3.05) is 0 Å². The molecule has 1 heterocycles. The van der Waals surface area contributed by atoms with Crippen molar-refractivity contribution in [3.63, 3.8) is 0 Å². The molecule has 1 unspecified atom stereocenters. The molecule has 2 aliphatic rings. The molecule has 0 fully saturated rings. The number of allylic oxidation sites excluding steroid dienone is 1. The summed E-state index contributed by atoms with van der Waals surface area (Å²) in [6.45, 7) is 0. The molecule has 5 heteroatoms. The number of nitrogens with one attached hydrogen (secondary N) is 1. The lowest BCUT2D eigenvalue weighted by Crippen LogP contribution is -2.26. The van der Waals surface area contributed by atoms with Gasteiger partial charge in [0, 0.05) is 0 Å². The third-order valence-electron chi connectivity index (χ3n) is 1.75. The number of rotatable bonds is 0. The highest BCUT2D eigenvalue weighted by Gasteiger charge is 2.30. The highest BCUT2D eigenvalue weighted by Crippen LogP contribution is 2.20. The Labute approximate surface area is 67.6 Å². The molecular formula is C7H6FN3O. The van der Waals surface area contributed by atoms with E-state index in [1.165, 1.54) is 12.2 Å². The average Bonchev–Trinajstić information content (AvgIpc) is 2.41. The number of nitrogens with zero attached hydrogens (tertiary/aromatic N) is 1. The van der Waals surface area contributed by atoms with Crippen molar-refractivity contribution in [3.05, 3.63) is 23.6 Å². The number of hydrogen-bond acceptors (Lipinski definition) is 3. The van der Waals surface area contributed by atoms with Crippen LogP contribution >= 0.6 is 0 Å². The standard InChI is InChI=1S/C7H6FN3O/c8-6-3(9)1-2-4-5(6)7(12)11-10-4/h1-3H,9H2,(H,11,12). The molecule has 0 bridgehead atoms. The first-order valence-electron chi connectivity index (χ1n) is 3.42. The molecule has 4 nitrogen and oxygen atoms in total. The van der Waals surface area contributed by atoms with Crippen LogP contribution in [-0.2, 0) is 4.79 Å². The van der Waals surface area contributed by atoms with Gasteiger partial charge in [-0.25, -0.2) is 9.82 Å². The first-order valence-corrected chi connectivity index (χ1v) is 3.42. The lowest BCUT2D eigenvalue weighted by Gasteiger charge is -2.10. The summed E-state index contributed by atoms with van der Waals surface area (Å²) in [5.74, 6) is -1.14. The zero-order valence-electron chi connectivity index (χ0n) is 6.04. The number of nitrogens with two attached hydrogens (primary N) is 1. The largest absolute Gasteiger partial charge is 0.319 e. The summed E-state index contributed by atoms with van der Waals surface area (Å²) in [6, 6.07) is -0.817. The number of carbonyl (C=O) groups excluding carboxylic acids is 1. The first kappa shape index (κ1) is 7.17. The van der Waals surface area contributed by atoms with Crippen LogP contribution in [0.25, 0.3) is 0 Å². The molecule has 0 saturated heterocycles. The summed E-state index contributed by atoms with van der Waals surface area (Å²) < 4.78 is 13.1. The molecule has 1 amide bonds. The fourth-order valence-corrected chi connectivity index (χ4v) is 1.14. The molecule has 0 spiro atoms. The van der Waals surface area contributed by atoms with Crippen LogP contribution in [0.3, 0.4) is 0 Å². The molecule has 1 atom stereocenters. The van der Waals surface area contributed by atoms with E-state index >= 15 is 0 Å². The molecule has 12 heavy (non-hydrogen) atoms. The molecule has 0 radical (unpaired) electrons. The van der Waals surface area contributed by atoms with Gasteiger partial charge in [-0.05, 0) is 6.08 Å². The van der Waals surface area contributed by atoms with E-state index in [1.54, 1.807) is 0 Å². The minimum absolute atomic E-state index is 0.0370. The highest BCUT2D eigenvalue weighted by molar-refractivity contribution is 6.29. The number of hydrogen-bond donors (Lipinski definition) is 2. The van der Waals surface area contributed by atoms with Gasteiger partial charge in [-0.1, -0.05) is 6.08 Å². The van der Waals surface area contributed by atoms with Crippen LogP contribution in [0.5, 0.6) is 0 Å². The van der Waals surface area contributed by atoms with Gasteiger partial charge in [0.1, 0.15) is 11.4 Å². The molecule has 0 aromatic rings. The summed E-state index contributed by atoms with van der Waals surface area (Å²) in [7, 11) is 0.